The first-order valence-electron chi connectivity index (χ1n) is 4.09. The van der Waals surface area contributed by atoms with Crippen molar-refractivity contribution >= 4 is 22.6 Å². The topological polar surface area (TPSA) is 9.23 Å². The Morgan fingerprint density at radius 2 is 1.29 bits per heavy atom. The number of ether oxygens (including phenoxy) is 1. The van der Waals surface area contributed by atoms with Crippen LogP contribution < -0.4 is 4.74 Å². The molecule has 0 N–H and O–H groups in total. The molecular weight excluding hydrogens is 365 g/mol. The minimum atomic E-state index is -4.86. The Morgan fingerprint density at radius 1 is 0.941 bits per heavy atom. The van der Waals surface area contributed by atoms with Crippen LogP contribution in [0.3, 0.4) is 0 Å². The molecule has 1 nitrogen and oxygen atoms in total. The lowest BCUT2D eigenvalue weighted by Gasteiger charge is -2.16. The standard InChI is InChI=1S/C9H5F6IO/c1-17-4-2-5(8(10,11)12)7(16)6(3-4)9(13,14)15/h2-3H,1H3. The van der Waals surface area contributed by atoms with Crippen LogP contribution in [0.25, 0.3) is 0 Å². The van der Waals surface area contributed by atoms with Crippen molar-refractivity contribution in [2.24, 2.45) is 0 Å². The zero-order valence-electron chi connectivity index (χ0n) is 8.21. The van der Waals surface area contributed by atoms with E-state index in [1.807, 2.05) is 0 Å². The Labute approximate surface area is 106 Å². The number of benzene rings is 1. The van der Waals surface area contributed by atoms with E-state index in [4.69, 9.17) is 0 Å². The maximum atomic E-state index is 12.5. The number of hydrogen-bond acceptors (Lipinski definition) is 1. The lowest BCUT2D eigenvalue weighted by atomic mass is 10.1. The third-order valence-electron chi connectivity index (χ3n) is 1.89. The normalized spacial score (nSPS) is 12.7. The van der Waals surface area contributed by atoms with E-state index < -0.39 is 32.8 Å². The van der Waals surface area contributed by atoms with Gasteiger partial charge in [-0.25, -0.2) is 0 Å². The van der Waals surface area contributed by atoms with Crippen molar-refractivity contribution in [2.45, 2.75) is 12.4 Å². The van der Waals surface area contributed by atoms with Gasteiger partial charge < -0.3 is 4.74 Å². The van der Waals surface area contributed by atoms with Gasteiger partial charge in [-0.3, -0.25) is 0 Å². The Kier molecular flexibility index (Phi) is 3.84. The highest BCUT2D eigenvalue weighted by atomic mass is 127. The molecule has 0 aliphatic rings. The van der Waals surface area contributed by atoms with Crippen LogP contribution in [-0.2, 0) is 12.4 Å². The van der Waals surface area contributed by atoms with Gasteiger partial charge in [0.1, 0.15) is 5.75 Å². The van der Waals surface area contributed by atoms with Gasteiger partial charge in [0.2, 0.25) is 0 Å². The average molecular weight is 370 g/mol. The van der Waals surface area contributed by atoms with Crippen molar-refractivity contribution in [3.8, 4) is 5.75 Å². The fraction of sp³-hybridized carbons (Fsp3) is 0.333. The maximum absolute atomic E-state index is 12.5. The van der Waals surface area contributed by atoms with E-state index in [0.29, 0.717) is 12.1 Å². The molecule has 8 heteroatoms. The van der Waals surface area contributed by atoms with Gasteiger partial charge in [-0.05, 0) is 34.7 Å². The summed E-state index contributed by atoms with van der Waals surface area (Å²) in [5, 5.41) is 0. The fourth-order valence-corrected chi connectivity index (χ4v) is 2.05. The van der Waals surface area contributed by atoms with Gasteiger partial charge in [0.05, 0.1) is 18.2 Å². The quantitative estimate of drug-likeness (QED) is 0.528. The zero-order valence-corrected chi connectivity index (χ0v) is 10.4. The summed E-state index contributed by atoms with van der Waals surface area (Å²) in [6, 6.07) is 1.08. The molecule has 0 saturated carbocycles. The van der Waals surface area contributed by atoms with Gasteiger partial charge in [-0.1, -0.05) is 0 Å². The Balaban J connectivity index is 3.53. The molecule has 1 aromatic rings. The third-order valence-corrected chi connectivity index (χ3v) is 3.05. The molecule has 0 saturated heterocycles. The molecule has 17 heavy (non-hydrogen) atoms. The summed E-state index contributed by atoms with van der Waals surface area (Å²) in [5.41, 5.74) is -2.71. The Hall–Kier alpha value is -0.670. The molecule has 1 rings (SSSR count). The highest BCUT2D eigenvalue weighted by Crippen LogP contribution is 2.42. The van der Waals surface area contributed by atoms with Crippen LogP contribution in [0.2, 0.25) is 0 Å². The molecule has 0 unspecified atom stereocenters. The average Bonchev–Trinajstić information content (AvgIpc) is 2.14. The van der Waals surface area contributed by atoms with E-state index in [1.165, 1.54) is 0 Å². The maximum Gasteiger partial charge on any atom is 0.417 e. The summed E-state index contributed by atoms with van der Waals surface area (Å²) in [5.74, 6) is -0.481. The largest absolute Gasteiger partial charge is 0.497 e. The first-order chi connectivity index (χ1) is 7.57. The fourth-order valence-electron chi connectivity index (χ4n) is 1.13. The van der Waals surface area contributed by atoms with Gasteiger partial charge in [0.15, 0.2) is 0 Å². The van der Waals surface area contributed by atoms with Crippen molar-refractivity contribution in [1.82, 2.24) is 0 Å². The molecular formula is C9H5F6IO. The van der Waals surface area contributed by atoms with Crippen molar-refractivity contribution in [3.05, 3.63) is 26.8 Å². The van der Waals surface area contributed by atoms with Crippen molar-refractivity contribution < 1.29 is 31.1 Å². The molecule has 1 aromatic carbocycles. The highest BCUT2D eigenvalue weighted by molar-refractivity contribution is 14.1. The predicted octanol–water partition coefficient (Wildman–Crippen LogP) is 4.34. The molecule has 0 atom stereocenters. The molecule has 0 aliphatic carbocycles. The first kappa shape index (κ1) is 14.4. The second-order valence-corrected chi connectivity index (χ2v) is 4.11. The summed E-state index contributed by atoms with van der Waals surface area (Å²) in [7, 11) is 1.00. The molecule has 0 amide bonds. The summed E-state index contributed by atoms with van der Waals surface area (Å²) in [6.07, 6.45) is -9.71. The Bertz CT molecular complexity index is 387. The summed E-state index contributed by atoms with van der Waals surface area (Å²) < 4.78 is 78.6. The molecule has 0 fully saturated rings. The van der Waals surface area contributed by atoms with Crippen LogP contribution in [0.4, 0.5) is 26.3 Å². The van der Waals surface area contributed by atoms with Crippen LogP contribution in [0.15, 0.2) is 12.1 Å². The number of methoxy groups -OCH3 is 1. The van der Waals surface area contributed by atoms with Crippen LogP contribution in [-0.4, -0.2) is 7.11 Å². The Morgan fingerprint density at radius 3 is 1.53 bits per heavy atom. The lowest BCUT2D eigenvalue weighted by Crippen LogP contribution is -2.15. The van der Waals surface area contributed by atoms with Crippen LogP contribution in [0.1, 0.15) is 11.1 Å². The molecule has 96 valence electrons. The van der Waals surface area contributed by atoms with Crippen molar-refractivity contribution in [1.29, 1.82) is 0 Å². The third kappa shape index (κ3) is 3.17. The van der Waals surface area contributed by atoms with Gasteiger partial charge in [0.25, 0.3) is 0 Å². The summed E-state index contributed by atoms with van der Waals surface area (Å²) in [4.78, 5) is 0. The monoisotopic (exact) mass is 370 g/mol. The molecule has 0 aliphatic heterocycles. The van der Waals surface area contributed by atoms with Crippen molar-refractivity contribution in [2.75, 3.05) is 7.11 Å². The first-order valence-corrected chi connectivity index (χ1v) is 5.17. The summed E-state index contributed by atoms with van der Waals surface area (Å²) in [6.45, 7) is 0. The van der Waals surface area contributed by atoms with E-state index >= 15 is 0 Å². The van der Waals surface area contributed by atoms with Gasteiger partial charge in [0, 0.05) is 3.57 Å². The van der Waals surface area contributed by atoms with Gasteiger partial charge in [-0.2, -0.15) is 26.3 Å². The zero-order chi connectivity index (χ0) is 13.4. The molecule has 0 aromatic heterocycles. The number of hydrogen-bond donors (Lipinski definition) is 0. The van der Waals surface area contributed by atoms with E-state index in [9.17, 15) is 26.3 Å². The predicted molar refractivity (Wildman–Crippen MR) is 55.7 cm³/mol. The second-order valence-electron chi connectivity index (χ2n) is 3.03. The molecule has 0 bridgehead atoms. The SMILES string of the molecule is COc1cc(C(F)(F)F)c(I)c(C(F)(F)F)c1. The van der Waals surface area contributed by atoms with Crippen LogP contribution >= 0.6 is 22.6 Å². The van der Waals surface area contributed by atoms with E-state index in [1.54, 1.807) is 0 Å². The van der Waals surface area contributed by atoms with Crippen LogP contribution in [0.5, 0.6) is 5.75 Å². The van der Waals surface area contributed by atoms with E-state index in [0.717, 1.165) is 29.7 Å². The number of alkyl halides is 6. The number of rotatable bonds is 1. The van der Waals surface area contributed by atoms with Gasteiger partial charge >= 0.3 is 12.4 Å². The smallest absolute Gasteiger partial charge is 0.417 e. The van der Waals surface area contributed by atoms with Crippen LogP contribution in [0, 0.1) is 3.57 Å². The molecule has 0 spiro atoms. The lowest BCUT2D eigenvalue weighted by molar-refractivity contribution is -0.144. The number of halogens is 7. The van der Waals surface area contributed by atoms with Crippen molar-refractivity contribution in [3.63, 3.8) is 0 Å². The minimum Gasteiger partial charge on any atom is -0.497 e. The minimum absolute atomic E-state index is 0.481. The summed E-state index contributed by atoms with van der Waals surface area (Å²) >= 11 is 1.03. The molecule has 0 radical (unpaired) electrons. The molecule has 0 heterocycles. The second kappa shape index (κ2) is 4.54. The van der Waals surface area contributed by atoms with E-state index in [2.05, 4.69) is 4.74 Å². The highest BCUT2D eigenvalue weighted by Gasteiger charge is 2.40. The van der Waals surface area contributed by atoms with E-state index in [-0.39, 0.29) is 0 Å². The van der Waals surface area contributed by atoms with Gasteiger partial charge in [-0.15, -0.1) is 0 Å².